The highest BCUT2D eigenvalue weighted by Gasteiger charge is 2.23. The largest absolute Gasteiger partial charge is 0.326 e. The highest BCUT2D eigenvalue weighted by atomic mass is 19.1. The molecule has 0 saturated carbocycles. The van der Waals surface area contributed by atoms with Gasteiger partial charge in [-0.05, 0) is 35.7 Å². The summed E-state index contributed by atoms with van der Waals surface area (Å²) in [4.78, 5) is 11.3. The summed E-state index contributed by atoms with van der Waals surface area (Å²) in [6.07, 6.45) is 0.259. The Hall–Kier alpha value is -2.27. The van der Waals surface area contributed by atoms with E-state index in [0.717, 1.165) is 11.3 Å². The Balaban J connectivity index is 2.04. The molecule has 0 aliphatic carbocycles. The van der Waals surface area contributed by atoms with Crippen molar-refractivity contribution < 1.29 is 13.6 Å². The molecular weight excluding hydrogens is 274 g/mol. The molecular formula is C16H14F2N2O. The van der Waals surface area contributed by atoms with Crippen molar-refractivity contribution in [3.63, 3.8) is 0 Å². The van der Waals surface area contributed by atoms with Crippen LogP contribution in [0.15, 0.2) is 30.3 Å². The van der Waals surface area contributed by atoms with Crippen LogP contribution in [-0.4, -0.2) is 5.91 Å². The number of aryl methyl sites for hydroxylation is 1. The van der Waals surface area contributed by atoms with E-state index in [1.165, 1.54) is 12.1 Å². The molecule has 0 aromatic heterocycles. The lowest BCUT2D eigenvalue weighted by Gasteiger charge is -2.16. The van der Waals surface area contributed by atoms with Gasteiger partial charge in [0.1, 0.15) is 11.6 Å². The van der Waals surface area contributed by atoms with Crippen LogP contribution in [0.4, 0.5) is 14.5 Å². The first-order chi connectivity index (χ1) is 9.97. The van der Waals surface area contributed by atoms with E-state index >= 15 is 0 Å². The maximum atomic E-state index is 14.1. The van der Waals surface area contributed by atoms with Crippen LogP contribution in [-0.2, 0) is 11.2 Å². The first kappa shape index (κ1) is 13.7. The summed E-state index contributed by atoms with van der Waals surface area (Å²) in [6, 6.07) is 6.79. The van der Waals surface area contributed by atoms with Gasteiger partial charge in [0.05, 0.1) is 12.5 Å². The third kappa shape index (κ3) is 2.29. The van der Waals surface area contributed by atoms with Gasteiger partial charge in [-0.2, -0.15) is 0 Å². The van der Waals surface area contributed by atoms with Crippen molar-refractivity contribution in [3.05, 3.63) is 64.2 Å². The van der Waals surface area contributed by atoms with Crippen LogP contribution in [0.1, 0.15) is 28.3 Å². The van der Waals surface area contributed by atoms with Gasteiger partial charge in [-0.15, -0.1) is 0 Å². The Morgan fingerprint density at radius 2 is 2.00 bits per heavy atom. The molecule has 0 spiro atoms. The Morgan fingerprint density at radius 3 is 2.76 bits per heavy atom. The SMILES string of the molecule is Cc1ccc(F)c(C(N)c2ccc3c(c2)CC(=O)N3)c1F. The lowest BCUT2D eigenvalue weighted by Crippen LogP contribution is -2.16. The molecule has 1 aliphatic rings. The van der Waals surface area contributed by atoms with E-state index in [9.17, 15) is 13.6 Å². The number of hydrogen-bond donors (Lipinski definition) is 2. The summed E-state index contributed by atoms with van der Waals surface area (Å²) >= 11 is 0. The Bertz CT molecular complexity index is 743. The highest BCUT2D eigenvalue weighted by Crippen LogP contribution is 2.31. The summed E-state index contributed by atoms with van der Waals surface area (Å²) in [5.74, 6) is -1.39. The van der Waals surface area contributed by atoms with Crippen molar-refractivity contribution >= 4 is 11.6 Å². The van der Waals surface area contributed by atoms with Crippen LogP contribution >= 0.6 is 0 Å². The minimum absolute atomic E-state index is 0.0939. The van der Waals surface area contributed by atoms with Crippen LogP contribution in [0.3, 0.4) is 0 Å². The lowest BCUT2D eigenvalue weighted by molar-refractivity contribution is -0.115. The predicted molar refractivity (Wildman–Crippen MR) is 75.9 cm³/mol. The molecule has 1 amide bonds. The van der Waals surface area contributed by atoms with E-state index in [2.05, 4.69) is 5.32 Å². The average Bonchev–Trinajstić information content (AvgIpc) is 2.82. The number of benzene rings is 2. The number of nitrogens with two attached hydrogens (primary N) is 1. The lowest BCUT2D eigenvalue weighted by atomic mass is 9.95. The fourth-order valence-corrected chi connectivity index (χ4v) is 2.57. The zero-order chi connectivity index (χ0) is 15.1. The second kappa shape index (κ2) is 4.93. The monoisotopic (exact) mass is 288 g/mol. The van der Waals surface area contributed by atoms with Crippen LogP contribution < -0.4 is 11.1 Å². The number of halogens is 2. The van der Waals surface area contributed by atoms with Crippen LogP contribution in [0.5, 0.6) is 0 Å². The minimum atomic E-state index is -0.911. The number of amides is 1. The summed E-state index contributed by atoms with van der Waals surface area (Å²) in [6.45, 7) is 1.57. The van der Waals surface area contributed by atoms with Gasteiger partial charge in [0.2, 0.25) is 5.91 Å². The van der Waals surface area contributed by atoms with E-state index in [0.29, 0.717) is 11.1 Å². The van der Waals surface area contributed by atoms with E-state index in [-0.39, 0.29) is 17.9 Å². The molecule has 3 N–H and O–H groups in total. The second-order valence-electron chi connectivity index (χ2n) is 5.21. The summed E-state index contributed by atoms with van der Waals surface area (Å²) in [5.41, 5.74) is 8.32. The molecule has 21 heavy (non-hydrogen) atoms. The normalized spacial score (nSPS) is 14.8. The summed E-state index contributed by atoms with van der Waals surface area (Å²) in [5, 5.41) is 2.71. The molecule has 1 unspecified atom stereocenters. The quantitative estimate of drug-likeness (QED) is 0.892. The molecule has 1 aliphatic heterocycles. The van der Waals surface area contributed by atoms with Crippen molar-refractivity contribution in [3.8, 4) is 0 Å². The second-order valence-corrected chi connectivity index (χ2v) is 5.21. The van der Waals surface area contributed by atoms with Crippen molar-refractivity contribution in [2.75, 3.05) is 5.32 Å². The standard InChI is InChI=1S/C16H14F2N2O/c1-8-2-4-11(17)14(15(8)18)16(19)9-3-5-12-10(6-9)7-13(21)20-12/h2-6,16H,7,19H2,1H3,(H,20,21). The number of carbonyl (C=O) groups excluding carboxylic acids is 1. The molecule has 2 aromatic carbocycles. The van der Waals surface area contributed by atoms with E-state index in [1.54, 1.807) is 25.1 Å². The topological polar surface area (TPSA) is 55.1 Å². The molecule has 5 heteroatoms. The molecule has 0 fully saturated rings. The molecule has 0 saturated heterocycles. The molecule has 1 atom stereocenters. The van der Waals surface area contributed by atoms with Gasteiger partial charge < -0.3 is 11.1 Å². The molecule has 108 valence electrons. The number of rotatable bonds is 2. The molecule has 1 heterocycles. The number of carbonyl (C=O) groups is 1. The summed E-state index contributed by atoms with van der Waals surface area (Å²) < 4.78 is 28.1. The van der Waals surface area contributed by atoms with Gasteiger partial charge in [0, 0.05) is 11.3 Å². The fraction of sp³-hybridized carbons (Fsp3) is 0.188. The van der Waals surface area contributed by atoms with Crippen molar-refractivity contribution in [2.24, 2.45) is 5.73 Å². The molecule has 2 aromatic rings. The third-order valence-corrected chi connectivity index (χ3v) is 3.74. The maximum absolute atomic E-state index is 14.1. The van der Waals surface area contributed by atoms with E-state index in [1.807, 2.05) is 0 Å². The Kier molecular flexibility index (Phi) is 3.22. The first-order valence-corrected chi connectivity index (χ1v) is 6.60. The van der Waals surface area contributed by atoms with E-state index in [4.69, 9.17) is 5.73 Å². The molecule has 0 bridgehead atoms. The zero-order valence-electron chi connectivity index (χ0n) is 11.4. The van der Waals surface area contributed by atoms with Gasteiger partial charge in [0.15, 0.2) is 0 Å². The maximum Gasteiger partial charge on any atom is 0.228 e. The van der Waals surface area contributed by atoms with Gasteiger partial charge in [0.25, 0.3) is 0 Å². The van der Waals surface area contributed by atoms with Gasteiger partial charge >= 0.3 is 0 Å². The fourth-order valence-electron chi connectivity index (χ4n) is 2.57. The third-order valence-electron chi connectivity index (χ3n) is 3.74. The molecule has 3 nitrogen and oxygen atoms in total. The van der Waals surface area contributed by atoms with Crippen molar-refractivity contribution in [2.45, 2.75) is 19.4 Å². The van der Waals surface area contributed by atoms with E-state index < -0.39 is 17.7 Å². The number of anilines is 1. The minimum Gasteiger partial charge on any atom is -0.326 e. The predicted octanol–water partition coefficient (Wildman–Crippen LogP) is 2.82. The van der Waals surface area contributed by atoms with Gasteiger partial charge in [-0.25, -0.2) is 8.78 Å². The first-order valence-electron chi connectivity index (χ1n) is 6.60. The van der Waals surface area contributed by atoms with Crippen molar-refractivity contribution in [1.82, 2.24) is 0 Å². The highest BCUT2D eigenvalue weighted by molar-refractivity contribution is 5.99. The number of hydrogen-bond acceptors (Lipinski definition) is 2. The summed E-state index contributed by atoms with van der Waals surface area (Å²) in [7, 11) is 0. The molecule has 0 radical (unpaired) electrons. The number of nitrogens with one attached hydrogen (secondary N) is 1. The van der Waals surface area contributed by atoms with Crippen LogP contribution in [0.25, 0.3) is 0 Å². The molecule has 3 rings (SSSR count). The van der Waals surface area contributed by atoms with Gasteiger partial charge in [-0.1, -0.05) is 18.2 Å². The van der Waals surface area contributed by atoms with Crippen molar-refractivity contribution in [1.29, 1.82) is 0 Å². The number of fused-ring (bicyclic) bond motifs is 1. The van der Waals surface area contributed by atoms with Gasteiger partial charge in [-0.3, -0.25) is 4.79 Å². The van der Waals surface area contributed by atoms with Crippen LogP contribution in [0, 0.1) is 18.6 Å². The Labute approximate surface area is 120 Å². The average molecular weight is 288 g/mol. The smallest absolute Gasteiger partial charge is 0.228 e. The Morgan fingerprint density at radius 1 is 1.24 bits per heavy atom. The zero-order valence-corrected chi connectivity index (χ0v) is 11.4. The van der Waals surface area contributed by atoms with Crippen LogP contribution in [0.2, 0.25) is 0 Å².